The van der Waals surface area contributed by atoms with Crippen LogP contribution in [-0.2, 0) is 4.79 Å². The quantitative estimate of drug-likeness (QED) is 0.819. The van der Waals surface area contributed by atoms with E-state index >= 15 is 0 Å². The number of carbonyl (C=O) groups is 1. The molecule has 18 heavy (non-hydrogen) atoms. The summed E-state index contributed by atoms with van der Waals surface area (Å²) in [4.78, 5) is 15.6. The van der Waals surface area contributed by atoms with Crippen LogP contribution in [0, 0.1) is 5.41 Å². The van der Waals surface area contributed by atoms with Gasteiger partial charge in [0.1, 0.15) is 0 Å². The Morgan fingerprint density at radius 1 is 1.28 bits per heavy atom. The molecule has 1 aliphatic rings. The number of hydrogen-bond acceptors (Lipinski definition) is 3. The zero-order chi connectivity index (χ0) is 13.8. The number of likely N-dealkylation sites (tertiary alicyclic amines) is 1. The smallest absolute Gasteiger partial charge is 0.236 e. The van der Waals surface area contributed by atoms with Crippen molar-refractivity contribution in [3.63, 3.8) is 0 Å². The molecule has 0 aromatic rings. The zero-order valence-corrected chi connectivity index (χ0v) is 12.6. The molecule has 0 spiro atoms. The predicted octanol–water partition coefficient (Wildman–Crippen LogP) is 1.17. The van der Waals surface area contributed by atoms with Crippen molar-refractivity contribution in [2.24, 2.45) is 5.41 Å². The Bertz CT molecular complexity index is 263. The molecule has 0 saturated carbocycles. The Morgan fingerprint density at radius 3 is 2.28 bits per heavy atom. The highest BCUT2D eigenvalue weighted by Crippen LogP contribution is 2.14. The van der Waals surface area contributed by atoms with E-state index in [1.165, 1.54) is 0 Å². The molecule has 0 aliphatic carbocycles. The van der Waals surface area contributed by atoms with Crippen molar-refractivity contribution in [1.29, 1.82) is 0 Å². The number of nitrogens with one attached hydrogen (secondary N) is 1. The summed E-state index contributed by atoms with van der Waals surface area (Å²) in [6.07, 6.45) is 2.30. The van der Waals surface area contributed by atoms with Gasteiger partial charge in [-0.2, -0.15) is 0 Å². The molecule has 4 heteroatoms. The van der Waals surface area contributed by atoms with Crippen LogP contribution in [0.25, 0.3) is 0 Å². The van der Waals surface area contributed by atoms with Gasteiger partial charge < -0.3 is 10.2 Å². The lowest BCUT2D eigenvalue weighted by Gasteiger charge is -2.34. The Balaban J connectivity index is 2.22. The van der Waals surface area contributed by atoms with Crippen LogP contribution in [0.2, 0.25) is 0 Å². The maximum absolute atomic E-state index is 11.6. The van der Waals surface area contributed by atoms with Gasteiger partial charge in [-0.3, -0.25) is 9.69 Å². The Morgan fingerprint density at radius 2 is 1.83 bits per heavy atom. The lowest BCUT2D eigenvalue weighted by molar-refractivity contribution is -0.130. The van der Waals surface area contributed by atoms with Crippen LogP contribution in [0.3, 0.4) is 0 Å². The summed E-state index contributed by atoms with van der Waals surface area (Å²) in [6.45, 7) is 10.5. The predicted molar refractivity (Wildman–Crippen MR) is 75.6 cm³/mol. The highest BCUT2D eigenvalue weighted by Gasteiger charge is 2.22. The van der Waals surface area contributed by atoms with Crippen molar-refractivity contribution >= 4 is 5.91 Å². The van der Waals surface area contributed by atoms with Gasteiger partial charge >= 0.3 is 0 Å². The highest BCUT2D eigenvalue weighted by atomic mass is 16.2. The molecule has 1 aliphatic heterocycles. The van der Waals surface area contributed by atoms with Gasteiger partial charge in [-0.15, -0.1) is 0 Å². The number of likely N-dealkylation sites (N-methyl/N-ethyl adjacent to an activating group) is 1. The second-order valence-corrected chi connectivity index (χ2v) is 6.78. The van der Waals surface area contributed by atoms with Crippen LogP contribution in [0.4, 0.5) is 0 Å². The van der Waals surface area contributed by atoms with Crippen LogP contribution in [0.15, 0.2) is 0 Å². The fourth-order valence-electron chi connectivity index (χ4n) is 2.08. The molecule has 0 radical (unpaired) electrons. The molecule has 1 fully saturated rings. The number of hydrogen-bond donors (Lipinski definition) is 1. The summed E-state index contributed by atoms with van der Waals surface area (Å²) < 4.78 is 0. The monoisotopic (exact) mass is 255 g/mol. The molecule has 0 aromatic heterocycles. The van der Waals surface area contributed by atoms with E-state index in [0.29, 0.717) is 18.0 Å². The van der Waals surface area contributed by atoms with Crippen molar-refractivity contribution < 1.29 is 4.79 Å². The van der Waals surface area contributed by atoms with Gasteiger partial charge in [-0.25, -0.2) is 0 Å². The number of carbonyl (C=O) groups excluding carboxylic acids is 1. The first-order valence-corrected chi connectivity index (χ1v) is 6.94. The fourth-order valence-corrected chi connectivity index (χ4v) is 2.08. The minimum absolute atomic E-state index is 0.205. The maximum Gasteiger partial charge on any atom is 0.236 e. The Kier molecular flexibility index (Phi) is 5.60. The fraction of sp³-hybridized carbons (Fsp3) is 0.929. The summed E-state index contributed by atoms with van der Waals surface area (Å²) in [5.74, 6) is 0.205. The molecule has 1 amide bonds. The normalized spacial score (nSPS) is 18.9. The summed E-state index contributed by atoms with van der Waals surface area (Å²) in [5, 5.41) is 3.64. The van der Waals surface area contributed by atoms with Gasteiger partial charge in [0, 0.05) is 39.8 Å². The molecule has 1 heterocycles. The average Bonchev–Trinajstić information content (AvgIpc) is 2.27. The van der Waals surface area contributed by atoms with Crippen LogP contribution in [-0.4, -0.2) is 62.0 Å². The Hall–Kier alpha value is -0.610. The number of piperidine rings is 1. The molecular weight excluding hydrogens is 226 g/mol. The van der Waals surface area contributed by atoms with E-state index in [-0.39, 0.29) is 5.91 Å². The highest BCUT2D eigenvalue weighted by molar-refractivity contribution is 5.77. The molecule has 106 valence electrons. The first-order valence-electron chi connectivity index (χ1n) is 6.94. The minimum Gasteiger partial charge on any atom is -0.348 e. The molecule has 4 nitrogen and oxygen atoms in total. The van der Waals surface area contributed by atoms with E-state index in [4.69, 9.17) is 0 Å². The van der Waals surface area contributed by atoms with Crippen molar-refractivity contribution in [1.82, 2.24) is 15.1 Å². The summed E-state index contributed by atoms with van der Waals surface area (Å²) >= 11 is 0. The second kappa shape index (κ2) is 6.53. The molecule has 0 unspecified atom stereocenters. The van der Waals surface area contributed by atoms with Gasteiger partial charge in [0.25, 0.3) is 0 Å². The largest absolute Gasteiger partial charge is 0.348 e. The van der Waals surface area contributed by atoms with Crippen molar-refractivity contribution in [2.45, 2.75) is 39.7 Å². The van der Waals surface area contributed by atoms with Crippen LogP contribution in [0.5, 0.6) is 0 Å². The lowest BCUT2D eigenvalue weighted by atomic mass is 9.95. The third-order valence-electron chi connectivity index (χ3n) is 3.37. The molecular formula is C14H29N3O. The molecule has 1 N–H and O–H groups in total. The standard InChI is InChI=1S/C14H29N3O/c1-14(2,3)11-15-12-6-8-17(9-7-12)10-13(18)16(4)5/h12,15H,6-11H2,1-5H3. The molecule has 1 rings (SSSR count). The Labute approximate surface area is 112 Å². The van der Waals surface area contributed by atoms with Crippen LogP contribution in [0.1, 0.15) is 33.6 Å². The summed E-state index contributed by atoms with van der Waals surface area (Å²) in [5.41, 5.74) is 0.345. The average molecular weight is 255 g/mol. The van der Waals surface area contributed by atoms with Gasteiger partial charge in [-0.05, 0) is 18.3 Å². The van der Waals surface area contributed by atoms with Crippen LogP contribution < -0.4 is 5.32 Å². The third kappa shape index (κ3) is 5.83. The minimum atomic E-state index is 0.205. The van der Waals surface area contributed by atoms with E-state index < -0.39 is 0 Å². The number of amides is 1. The van der Waals surface area contributed by atoms with E-state index in [0.717, 1.165) is 32.5 Å². The first-order chi connectivity index (χ1) is 8.28. The molecule has 0 aromatic carbocycles. The zero-order valence-electron chi connectivity index (χ0n) is 12.6. The van der Waals surface area contributed by atoms with Gasteiger partial charge in [0.2, 0.25) is 5.91 Å². The SMILES string of the molecule is CN(C)C(=O)CN1CCC(NCC(C)(C)C)CC1. The van der Waals surface area contributed by atoms with Crippen molar-refractivity contribution in [3.05, 3.63) is 0 Å². The van der Waals surface area contributed by atoms with E-state index in [9.17, 15) is 4.79 Å². The van der Waals surface area contributed by atoms with E-state index in [1.807, 2.05) is 14.1 Å². The molecule has 0 bridgehead atoms. The van der Waals surface area contributed by atoms with Crippen molar-refractivity contribution in [3.8, 4) is 0 Å². The topological polar surface area (TPSA) is 35.6 Å². The third-order valence-corrected chi connectivity index (χ3v) is 3.37. The summed E-state index contributed by atoms with van der Waals surface area (Å²) in [7, 11) is 3.64. The van der Waals surface area contributed by atoms with Crippen molar-refractivity contribution in [2.75, 3.05) is 40.3 Å². The van der Waals surface area contributed by atoms with Gasteiger partial charge in [0.15, 0.2) is 0 Å². The van der Waals surface area contributed by atoms with Gasteiger partial charge in [0.05, 0.1) is 6.54 Å². The second-order valence-electron chi connectivity index (χ2n) is 6.78. The number of nitrogens with zero attached hydrogens (tertiary/aromatic N) is 2. The van der Waals surface area contributed by atoms with Crippen LogP contribution >= 0.6 is 0 Å². The van der Waals surface area contributed by atoms with E-state index in [2.05, 4.69) is 31.0 Å². The van der Waals surface area contributed by atoms with E-state index in [1.54, 1.807) is 4.90 Å². The molecule has 0 atom stereocenters. The lowest BCUT2D eigenvalue weighted by Crippen LogP contribution is -2.47. The first kappa shape index (κ1) is 15.4. The summed E-state index contributed by atoms with van der Waals surface area (Å²) in [6, 6.07) is 0.620. The van der Waals surface area contributed by atoms with Gasteiger partial charge in [-0.1, -0.05) is 20.8 Å². The molecule has 1 saturated heterocycles. The maximum atomic E-state index is 11.6. The number of rotatable bonds is 4.